The number of esters is 1. The first-order chi connectivity index (χ1) is 12.8. The molecule has 0 aliphatic heterocycles. The maximum absolute atomic E-state index is 13.2. The van der Waals surface area contributed by atoms with E-state index in [-0.39, 0.29) is 6.42 Å². The number of anilines is 1. The van der Waals surface area contributed by atoms with E-state index in [4.69, 9.17) is 9.15 Å². The van der Waals surface area contributed by atoms with Crippen LogP contribution in [0.4, 0.5) is 10.1 Å². The van der Waals surface area contributed by atoms with Gasteiger partial charge in [-0.05, 0) is 62.2 Å². The summed E-state index contributed by atoms with van der Waals surface area (Å²) in [6.07, 6.45) is 0.512. The minimum Gasteiger partial charge on any atom is -0.464 e. The summed E-state index contributed by atoms with van der Waals surface area (Å²) in [5.41, 5.74) is 3.91. The van der Waals surface area contributed by atoms with Gasteiger partial charge in [-0.15, -0.1) is 0 Å². The summed E-state index contributed by atoms with van der Waals surface area (Å²) in [5, 5.41) is 3.37. The molecule has 0 aliphatic carbocycles. The van der Waals surface area contributed by atoms with E-state index in [9.17, 15) is 14.0 Å². The maximum Gasteiger partial charge on any atom is 0.311 e. The van der Waals surface area contributed by atoms with Gasteiger partial charge in [0.25, 0.3) is 5.91 Å². The summed E-state index contributed by atoms with van der Waals surface area (Å²) in [6.45, 7) is 5.44. The lowest BCUT2D eigenvalue weighted by atomic mass is 10.0. The highest BCUT2D eigenvalue weighted by molar-refractivity contribution is 5.95. The van der Waals surface area contributed by atoms with Gasteiger partial charge < -0.3 is 14.5 Å². The van der Waals surface area contributed by atoms with Crippen LogP contribution in [0.1, 0.15) is 23.6 Å². The third kappa shape index (κ3) is 4.34. The fourth-order valence-electron chi connectivity index (χ4n) is 2.73. The predicted octanol–water partition coefficient (Wildman–Crippen LogP) is 4.30. The fourth-order valence-corrected chi connectivity index (χ4v) is 2.73. The van der Waals surface area contributed by atoms with Gasteiger partial charge in [-0.2, -0.15) is 0 Å². The monoisotopic (exact) mass is 369 g/mol. The third-order valence-electron chi connectivity index (χ3n) is 4.37. The van der Waals surface area contributed by atoms with Crippen molar-refractivity contribution in [3.05, 3.63) is 65.2 Å². The standard InChI is InChI=1S/C21H20FNO4/c1-12-7-18-15(11-26-19(18)8-13(12)2)9-20(24)27-14(3)21(25)23-17-6-4-5-16(22)10-17/h4-8,10-11,14H,9H2,1-3H3,(H,23,25)/t14-/m1/s1. The van der Waals surface area contributed by atoms with E-state index in [0.717, 1.165) is 16.5 Å². The molecule has 2 aromatic carbocycles. The van der Waals surface area contributed by atoms with Crippen LogP contribution in [0.3, 0.4) is 0 Å². The minimum atomic E-state index is -1.01. The molecular formula is C21H20FNO4. The van der Waals surface area contributed by atoms with Gasteiger partial charge in [0.2, 0.25) is 0 Å². The number of carbonyl (C=O) groups is 2. The van der Waals surface area contributed by atoms with E-state index >= 15 is 0 Å². The average Bonchev–Trinajstić information content (AvgIpc) is 2.97. The summed E-state index contributed by atoms with van der Waals surface area (Å²) in [6, 6.07) is 9.39. The molecule has 140 valence electrons. The molecule has 0 fully saturated rings. The Morgan fingerprint density at radius 1 is 1.19 bits per heavy atom. The number of amides is 1. The normalized spacial score (nSPS) is 12.0. The number of carbonyl (C=O) groups excluding carboxylic acids is 2. The number of furan rings is 1. The lowest BCUT2D eigenvalue weighted by Crippen LogP contribution is -2.30. The molecule has 1 heterocycles. The van der Waals surface area contributed by atoms with Gasteiger partial charge in [0, 0.05) is 16.6 Å². The van der Waals surface area contributed by atoms with Crippen LogP contribution in [0.25, 0.3) is 11.0 Å². The minimum absolute atomic E-state index is 0.00686. The number of nitrogens with one attached hydrogen (secondary N) is 1. The van der Waals surface area contributed by atoms with Crippen LogP contribution in [-0.4, -0.2) is 18.0 Å². The Morgan fingerprint density at radius 3 is 2.67 bits per heavy atom. The van der Waals surface area contributed by atoms with Crippen molar-refractivity contribution in [1.29, 1.82) is 0 Å². The van der Waals surface area contributed by atoms with Crippen LogP contribution in [0.5, 0.6) is 0 Å². The zero-order valence-electron chi connectivity index (χ0n) is 15.3. The van der Waals surface area contributed by atoms with Gasteiger partial charge >= 0.3 is 5.97 Å². The van der Waals surface area contributed by atoms with E-state index < -0.39 is 23.8 Å². The average molecular weight is 369 g/mol. The molecule has 1 N–H and O–H groups in total. The molecule has 1 aromatic heterocycles. The van der Waals surface area contributed by atoms with Gasteiger partial charge in [-0.25, -0.2) is 4.39 Å². The van der Waals surface area contributed by atoms with Gasteiger partial charge in [0.05, 0.1) is 12.7 Å². The molecule has 0 radical (unpaired) electrons. The van der Waals surface area contributed by atoms with E-state index in [0.29, 0.717) is 16.8 Å². The number of rotatable bonds is 5. The molecule has 3 aromatic rings. The highest BCUT2D eigenvalue weighted by atomic mass is 19.1. The maximum atomic E-state index is 13.2. The zero-order valence-corrected chi connectivity index (χ0v) is 15.3. The fraction of sp³-hybridized carbons (Fsp3) is 0.238. The second-order valence-corrected chi connectivity index (χ2v) is 6.50. The molecule has 3 rings (SSSR count). The molecule has 6 heteroatoms. The van der Waals surface area contributed by atoms with Crippen molar-refractivity contribution in [1.82, 2.24) is 0 Å². The molecule has 0 spiro atoms. The Balaban J connectivity index is 1.63. The number of hydrogen-bond acceptors (Lipinski definition) is 4. The predicted molar refractivity (Wildman–Crippen MR) is 100.0 cm³/mol. The van der Waals surface area contributed by atoms with Crippen molar-refractivity contribution in [2.45, 2.75) is 33.3 Å². The van der Waals surface area contributed by atoms with E-state index in [1.54, 1.807) is 6.07 Å². The number of aryl methyl sites for hydroxylation is 2. The molecule has 5 nitrogen and oxygen atoms in total. The molecule has 0 unspecified atom stereocenters. The molecule has 1 amide bonds. The number of ether oxygens (including phenoxy) is 1. The quantitative estimate of drug-likeness (QED) is 0.681. The van der Waals surface area contributed by atoms with Crippen molar-refractivity contribution in [3.63, 3.8) is 0 Å². The third-order valence-corrected chi connectivity index (χ3v) is 4.37. The number of hydrogen-bond donors (Lipinski definition) is 1. The van der Waals surface area contributed by atoms with Crippen LogP contribution in [0.15, 0.2) is 47.1 Å². The molecule has 0 saturated carbocycles. The van der Waals surface area contributed by atoms with Gasteiger partial charge in [-0.1, -0.05) is 6.07 Å². The number of halogens is 1. The van der Waals surface area contributed by atoms with Crippen LogP contribution in [0, 0.1) is 19.7 Å². The van der Waals surface area contributed by atoms with Crippen molar-refractivity contribution < 1.29 is 23.1 Å². The van der Waals surface area contributed by atoms with Crippen molar-refractivity contribution in [2.24, 2.45) is 0 Å². The Kier molecular flexibility index (Phi) is 5.26. The summed E-state index contributed by atoms with van der Waals surface area (Å²) in [4.78, 5) is 24.4. The van der Waals surface area contributed by atoms with Gasteiger partial charge in [-0.3, -0.25) is 9.59 Å². The van der Waals surface area contributed by atoms with E-state index in [2.05, 4.69) is 5.32 Å². The number of fused-ring (bicyclic) bond motifs is 1. The highest BCUT2D eigenvalue weighted by Crippen LogP contribution is 2.25. The topological polar surface area (TPSA) is 68.5 Å². The number of benzene rings is 2. The molecular weight excluding hydrogens is 349 g/mol. The molecule has 0 aliphatic rings. The molecule has 27 heavy (non-hydrogen) atoms. The van der Waals surface area contributed by atoms with Crippen LogP contribution < -0.4 is 5.32 Å². The van der Waals surface area contributed by atoms with Crippen molar-refractivity contribution in [2.75, 3.05) is 5.32 Å². The van der Waals surface area contributed by atoms with Crippen LogP contribution in [0.2, 0.25) is 0 Å². The van der Waals surface area contributed by atoms with Crippen molar-refractivity contribution >= 4 is 28.5 Å². The molecule has 1 atom stereocenters. The van der Waals surface area contributed by atoms with E-state index in [1.807, 2.05) is 26.0 Å². The van der Waals surface area contributed by atoms with Gasteiger partial charge in [0.1, 0.15) is 11.4 Å². The Bertz CT molecular complexity index is 1010. The Labute approximate surface area is 156 Å². The summed E-state index contributed by atoms with van der Waals surface area (Å²) < 4.78 is 23.9. The lowest BCUT2D eigenvalue weighted by molar-refractivity contribution is -0.152. The first-order valence-corrected chi connectivity index (χ1v) is 8.56. The Morgan fingerprint density at radius 2 is 1.93 bits per heavy atom. The highest BCUT2D eigenvalue weighted by Gasteiger charge is 2.20. The molecule has 0 bridgehead atoms. The zero-order chi connectivity index (χ0) is 19.6. The largest absolute Gasteiger partial charge is 0.464 e. The smallest absolute Gasteiger partial charge is 0.311 e. The van der Waals surface area contributed by atoms with Gasteiger partial charge in [0.15, 0.2) is 6.10 Å². The second kappa shape index (κ2) is 7.61. The second-order valence-electron chi connectivity index (χ2n) is 6.50. The lowest BCUT2D eigenvalue weighted by Gasteiger charge is -2.13. The van der Waals surface area contributed by atoms with Crippen LogP contribution in [-0.2, 0) is 20.7 Å². The SMILES string of the molecule is Cc1cc2occ(CC(=O)O[C@H](C)C(=O)Nc3cccc(F)c3)c2cc1C. The first kappa shape index (κ1) is 18.6. The summed E-state index contributed by atoms with van der Waals surface area (Å²) in [7, 11) is 0. The van der Waals surface area contributed by atoms with E-state index in [1.165, 1.54) is 31.4 Å². The summed E-state index contributed by atoms with van der Waals surface area (Å²) >= 11 is 0. The molecule has 0 saturated heterocycles. The van der Waals surface area contributed by atoms with Crippen molar-refractivity contribution in [3.8, 4) is 0 Å². The first-order valence-electron chi connectivity index (χ1n) is 8.56. The van der Waals surface area contributed by atoms with Crippen LogP contribution >= 0.6 is 0 Å². The Hall–Kier alpha value is -3.15. The summed E-state index contributed by atoms with van der Waals surface area (Å²) in [5.74, 6) is -1.54.